The van der Waals surface area contributed by atoms with Crippen molar-refractivity contribution in [2.75, 3.05) is 59.4 Å². The molecular formula is C18H37NO6. The molecular weight excluding hydrogens is 326 g/mol. The highest BCUT2D eigenvalue weighted by Gasteiger charge is 2.15. The van der Waals surface area contributed by atoms with Gasteiger partial charge in [0, 0.05) is 33.0 Å². The van der Waals surface area contributed by atoms with Crippen LogP contribution in [-0.4, -0.2) is 71.0 Å². The lowest BCUT2D eigenvalue weighted by molar-refractivity contribution is -0.160. The number of nitrogens with two attached hydrogens (primary N) is 1. The zero-order valence-electron chi connectivity index (χ0n) is 16.2. The minimum Gasteiger partial charge on any atom is -0.458 e. The van der Waals surface area contributed by atoms with Crippen LogP contribution in [0.4, 0.5) is 0 Å². The first-order valence-electron chi connectivity index (χ1n) is 9.18. The summed E-state index contributed by atoms with van der Waals surface area (Å²) in [6, 6.07) is 0. The van der Waals surface area contributed by atoms with Gasteiger partial charge in [0.15, 0.2) is 0 Å². The summed E-state index contributed by atoms with van der Waals surface area (Å²) < 4.78 is 26.6. The average Bonchev–Trinajstić information content (AvgIpc) is 2.53. The van der Waals surface area contributed by atoms with Gasteiger partial charge in [-0.2, -0.15) is 0 Å². The van der Waals surface area contributed by atoms with Crippen LogP contribution in [-0.2, 0) is 28.5 Å². The SMILES string of the molecule is CC(C)(C)OC(=O)COCCOCCCCOCCCCOCCN. The molecule has 0 aromatic carbocycles. The molecule has 150 valence electrons. The third kappa shape index (κ3) is 21.2. The van der Waals surface area contributed by atoms with Crippen molar-refractivity contribution in [1.29, 1.82) is 0 Å². The number of hydrogen-bond donors (Lipinski definition) is 1. The predicted molar refractivity (Wildman–Crippen MR) is 96.6 cm³/mol. The highest BCUT2D eigenvalue weighted by Crippen LogP contribution is 2.06. The molecule has 0 spiro atoms. The standard InChI is InChI=1S/C18H37NO6/c1-18(2,3)25-17(20)16-24-15-14-23-12-7-5-10-21-9-4-6-11-22-13-8-19/h4-16,19H2,1-3H3. The van der Waals surface area contributed by atoms with E-state index in [0.717, 1.165) is 45.5 Å². The number of unbranched alkanes of at least 4 members (excludes halogenated alkanes) is 2. The van der Waals surface area contributed by atoms with E-state index in [1.54, 1.807) is 0 Å². The molecule has 0 aromatic heterocycles. The van der Waals surface area contributed by atoms with Crippen molar-refractivity contribution in [1.82, 2.24) is 0 Å². The first kappa shape index (κ1) is 24.3. The molecule has 0 aliphatic rings. The summed E-state index contributed by atoms with van der Waals surface area (Å²) in [5.41, 5.74) is 4.85. The number of carbonyl (C=O) groups excluding carboxylic acids is 1. The molecule has 0 saturated heterocycles. The first-order chi connectivity index (χ1) is 12.0. The summed E-state index contributed by atoms with van der Waals surface area (Å²) in [6.45, 7) is 10.5. The highest BCUT2D eigenvalue weighted by molar-refractivity contribution is 5.71. The minimum absolute atomic E-state index is 0.0360. The van der Waals surface area contributed by atoms with Gasteiger partial charge >= 0.3 is 5.97 Å². The molecule has 0 bridgehead atoms. The normalized spacial score (nSPS) is 11.7. The van der Waals surface area contributed by atoms with E-state index in [9.17, 15) is 4.79 Å². The Labute approximate surface area is 152 Å². The van der Waals surface area contributed by atoms with Crippen molar-refractivity contribution in [2.45, 2.75) is 52.1 Å². The topological polar surface area (TPSA) is 89.2 Å². The fraction of sp³-hybridized carbons (Fsp3) is 0.944. The highest BCUT2D eigenvalue weighted by atomic mass is 16.6. The molecule has 0 aliphatic carbocycles. The molecule has 0 heterocycles. The lowest BCUT2D eigenvalue weighted by Crippen LogP contribution is -2.27. The molecule has 7 nitrogen and oxygen atoms in total. The maximum absolute atomic E-state index is 11.4. The average molecular weight is 363 g/mol. The number of esters is 1. The predicted octanol–water partition coefficient (Wildman–Crippen LogP) is 1.91. The van der Waals surface area contributed by atoms with E-state index in [-0.39, 0.29) is 12.6 Å². The van der Waals surface area contributed by atoms with Crippen molar-refractivity contribution in [3.63, 3.8) is 0 Å². The van der Waals surface area contributed by atoms with Gasteiger partial charge in [0.1, 0.15) is 12.2 Å². The van der Waals surface area contributed by atoms with E-state index in [1.165, 1.54) is 0 Å². The Morgan fingerprint density at radius 1 is 0.720 bits per heavy atom. The fourth-order valence-electron chi connectivity index (χ4n) is 1.85. The molecule has 0 aromatic rings. The molecule has 25 heavy (non-hydrogen) atoms. The van der Waals surface area contributed by atoms with Gasteiger partial charge in [0.2, 0.25) is 0 Å². The lowest BCUT2D eigenvalue weighted by atomic mass is 10.2. The fourth-order valence-corrected chi connectivity index (χ4v) is 1.85. The summed E-state index contributed by atoms with van der Waals surface area (Å²) in [5.74, 6) is -0.351. The van der Waals surface area contributed by atoms with Gasteiger partial charge in [-0.25, -0.2) is 4.79 Å². The third-order valence-electron chi connectivity index (χ3n) is 2.93. The van der Waals surface area contributed by atoms with Crippen molar-refractivity contribution in [3.8, 4) is 0 Å². The van der Waals surface area contributed by atoms with Gasteiger partial charge in [0.25, 0.3) is 0 Å². The van der Waals surface area contributed by atoms with Crippen LogP contribution in [0.3, 0.4) is 0 Å². The van der Waals surface area contributed by atoms with Crippen LogP contribution in [0.25, 0.3) is 0 Å². The lowest BCUT2D eigenvalue weighted by Gasteiger charge is -2.19. The van der Waals surface area contributed by atoms with E-state index < -0.39 is 5.60 Å². The number of carbonyl (C=O) groups is 1. The quantitative estimate of drug-likeness (QED) is 0.312. The van der Waals surface area contributed by atoms with Crippen LogP contribution in [0, 0.1) is 0 Å². The molecule has 0 unspecified atom stereocenters. The Bertz CT molecular complexity index is 306. The van der Waals surface area contributed by atoms with Crippen molar-refractivity contribution < 1.29 is 28.5 Å². The van der Waals surface area contributed by atoms with Gasteiger partial charge < -0.3 is 29.4 Å². The summed E-state index contributed by atoms with van der Waals surface area (Å²) >= 11 is 0. The summed E-state index contributed by atoms with van der Waals surface area (Å²) in [7, 11) is 0. The van der Waals surface area contributed by atoms with Crippen LogP contribution in [0.2, 0.25) is 0 Å². The number of ether oxygens (including phenoxy) is 5. The van der Waals surface area contributed by atoms with Crippen LogP contribution >= 0.6 is 0 Å². The van der Waals surface area contributed by atoms with Gasteiger partial charge in [0.05, 0.1) is 19.8 Å². The third-order valence-corrected chi connectivity index (χ3v) is 2.93. The van der Waals surface area contributed by atoms with Crippen LogP contribution in [0.1, 0.15) is 46.5 Å². The molecule has 0 amide bonds. The Morgan fingerprint density at radius 3 is 1.64 bits per heavy atom. The second kappa shape index (κ2) is 16.7. The summed E-state index contributed by atoms with van der Waals surface area (Å²) in [5, 5.41) is 0. The maximum atomic E-state index is 11.4. The Kier molecular flexibility index (Phi) is 16.2. The largest absolute Gasteiger partial charge is 0.458 e. The van der Waals surface area contributed by atoms with Crippen LogP contribution in [0.5, 0.6) is 0 Å². The monoisotopic (exact) mass is 363 g/mol. The molecule has 0 aliphatic heterocycles. The zero-order chi connectivity index (χ0) is 18.8. The van der Waals surface area contributed by atoms with E-state index in [2.05, 4.69) is 0 Å². The molecule has 0 fully saturated rings. The molecule has 0 radical (unpaired) electrons. The Morgan fingerprint density at radius 2 is 1.16 bits per heavy atom. The molecule has 0 atom stereocenters. The van der Waals surface area contributed by atoms with Crippen LogP contribution in [0.15, 0.2) is 0 Å². The molecule has 0 saturated carbocycles. The minimum atomic E-state index is -0.475. The molecule has 0 rings (SSSR count). The van der Waals surface area contributed by atoms with Crippen molar-refractivity contribution >= 4 is 5.97 Å². The second-order valence-electron chi connectivity index (χ2n) is 6.68. The zero-order valence-corrected chi connectivity index (χ0v) is 16.2. The van der Waals surface area contributed by atoms with E-state index in [1.807, 2.05) is 20.8 Å². The number of hydrogen-bond acceptors (Lipinski definition) is 7. The van der Waals surface area contributed by atoms with Gasteiger partial charge in [-0.15, -0.1) is 0 Å². The van der Waals surface area contributed by atoms with E-state index in [4.69, 9.17) is 29.4 Å². The van der Waals surface area contributed by atoms with Gasteiger partial charge in [-0.3, -0.25) is 0 Å². The van der Waals surface area contributed by atoms with E-state index >= 15 is 0 Å². The summed E-state index contributed by atoms with van der Waals surface area (Å²) in [6.07, 6.45) is 3.94. The molecule has 2 N–H and O–H groups in total. The van der Waals surface area contributed by atoms with Gasteiger partial charge in [-0.05, 0) is 46.5 Å². The van der Waals surface area contributed by atoms with Crippen LogP contribution < -0.4 is 5.73 Å². The smallest absolute Gasteiger partial charge is 0.332 e. The second-order valence-corrected chi connectivity index (χ2v) is 6.68. The van der Waals surface area contributed by atoms with E-state index in [0.29, 0.717) is 33.0 Å². The maximum Gasteiger partial charge on any atom is 0.332 e. The Balaban J connectivity index is 3.13. The number of rotatable bonds is 17. The summed E-state index contributed by atoms with van der Waals surface area (Å²) in [4.78, 5) is 11.4. The van der Waals surface area contributed by atoms with Gasteiger partial charge in [-0.1, -0.05) is 0 Å². The van der Waals surface area contributed by atoms with Crippen molar-refractivity contribution in [3.05, 3.63) is 0 Å². The van der Waals surface area contributed by atoms with Crippen molar-refractivity contribution in [2.24, 2.45) is 5.73 Å². The first-order valence-corrected chi connectivity index (χ1v) is 9.18. The Hall–Kier alpha value is -0.730. The molecule has 7 heteroatoms.